The summed E-state index contributed by atoms with van der Waals surface area (Å²) in [5.41, 5.74) is 0. The van der Waals surface area contributed by atoms with Gasteiger partial charge in [0.1, 0.15) is 6.10 Å². The Kier molecular flexibility index (Phi) is 1.67. The molecule has 2 atom stereocenters. The van der Waals surface area contributed by atoms with Gasteiger partial charge in [-0.15, -0.1) is 0 Å². The second-order valence-electron chi connectivity index (χ2n) is 3.58. The Labute approximate surface area is 66.6 Å². The summed E-state index contributed by atoms with van der Waals surface area (Å²) in [7, 11) is 0. The van der Waals surface area contributed by atoms with Gasteiger partial charge in [0.05, 0.1) is 12.7 Å². The topological polar surface area (TPSA) is 27.7 Å². The molecule has 0 spiro atoms. The maximum absolute atomic E-state index is 5.65. The van der Waals surface area contributed by atoms with E-state index in [-0.39, 0.29) is 12.2 Å². The molecule has 2 fully saturated rings. The van der Waals surface area contributed by atoms with Crippen LogP contribution in [0.2, 0.25) is 0 Å². The summed E-state index contributed by atoms with van der Waals surface area (Å²) in [5, 5.41) is 0. The van der Waals surface area contributed by atoms with Crippen LogP contribution < -0.4 is 0 Å². The molecule has 0 saturated carbocycles. The monoisotopic (exact) mass is 158 g/mol. The molecule has 0 aromatic rings. The number of hydrogen-bond acceptors (Lipinski definition) is 3. The van der Waals surface area contributed by atoms with Gasteiger partial charge in [-0.25, -0.2) is 0 Å². The van der Waals surface area contributed by atoms with Gasteiger partial charge in [0, 0.05) is 6.61 Å². The SMILES string of the molecule is CC1(C)O[C@H]2CCOC[C@H]2O1. The molecule has 2 saturated heterocycles. The lowest BCUT2D eigenvalue weighted by atomic mass is 10.1. The molecule has 0 aromatic carbocycles. The molecule has 0 radical (unpaired) electrons. The van der Waals surface area contributed by atoms with Crippen molar-refractivity contribution in [2.24, 2.45) is 0 Å². The average Bonchev–Trinajstić information content (AvgIpc) is 2.21. The van der Waals surface area contributed by atoms with Gasteiger partial charge in [-0.3, -0.25) is 0 Å². The summed E-state index contributed by atoms with van der Waals surface area (Å²) >= 11 is 0. The Morgan fingerprint density at radius 2 is 1.91 bits per heavy atom. The molecule has 2 rings (SSSR count). The standard InChI is InChI=1S/C8H14O3/c1-8(2)10-6-3-4-9-5-7(6)11-8/h6-7H,3-5H2,1-2H3/t6-,7+/m0/s1. The summed E-state index contributed by atoms with van der Waals surface area (Å²) in [6, 6.07) is 0. The van der Waals surface area contributed by atoms with Crippen molar-refractivity contribution >= 4 is 0 Å². The number of hydrogen-bond donors (Lipinski definition) is 0. The summed E-state index contributed by atoms with van der Waals surface area (Å²) in [6.45, 7) is 5.39. The van der Waals surface area contributed by atoms with Crippen molar-refractivity contribution in [2.45, 2.75) is 38.3 Å². The molecule has 0 aromatic heterocycles. The van der Waals surface area contributed by atoms with E-state index in [1.54, 1.807) is 0 Å². The molecule has 3 nitrogen and oxygen atoms in total. The van der Waals surface area contributed by atoms with Crippen molar-refractivity contribution in [2.75, 3.05) is 13.2 Å². The van der Waals surface area contributed by atoms with Crippen LogP contribution in [0.25, 0.3) is 0 Å². The molecule has 2 aliphatic heterocycles. The van der Waals surface area contributed by atoms with Crippen molar-refractivity contribution in [1.82, 2.24) is 0 Å². The molecule has 0 amide bonds. The van der Waals surface area contributed by atoms with Crippen molar-refractivity contribution in [3.63, 3.8) is 0 Å². The molecule has 0 aliphatic carbocycles. The molecule has 64 valence electrons. The smallest absolute Gasteiger partial charge is 0.163 e. The fourth-order valence-corrected chi connectivity index (χ4v) is 1.69. The second kappa shape index (κ2) is 2.44. The Hall–Kier alpha value is -0.120. The van der Waals surface area contributed by atoms with Gasteiger partial charge < -0.3 is 14.2 Å². The lowest BCUT2D eigenvalue weighted by Crippen LogP contribution is -2.33. The Balaban J connectivity index is 2.03. The van der Waals surface area contributed by atoms with Crippen LogP contribution >= 0.6 is 0 Å². The van der Waals surface area contributed by atoms with Crippen molar-refractivity contribution < 1.29 is 14.2 Å². The van der Waals surface area contributed by atoms with Gasteiger partial charge in [0.25, 0.3) is 0 Å². The lowest BCUT2D eigenvalue weighted by molar-refractivity contribution is -0.146. The van der Waals surface area contributed by atoms with Gasteiger partial charge >= 0.3 is 0 Å². The van der Waals surface area contributed by atoms with E-state index in [9.17, 15) is 0 Å². The highest BCUT2D eigenvalue weighted by Gasteiger charge is 2.42. The third-order valence-corrected chi connectivity index (χ3v) is 2.11. The van der Waals surface area contributed by atoms with E-state index in [1.807, 2.05) is 13.8 Å². The number of rotatable bonds is 0. The van der Waals surface area contributed by atoms with E-state index in [1.165, 1.54) is 0 Å². The third-order valence-electron chi connectivity index (χ3n) is 2.11. The van der Waals surface area contributed by atoms with Gasteiger partial charge in [-0.1, -0.05) is 0 Å². The maximum atomic E-state index is 5.65. The van der Waals surface area contributed by atoms with Crippen LogP contribution in [-0.2, 0) is 14.2 Å². The first-order valence-electron chi connectivity index (χ1n) is 4.11. The zero-order valence-electron chi connectivity index (χ0n) is 7.00. The fourth-order valence-electron chi connectivity index (χ4n) is 1.69. The van der Waals surface area contributed by atoms with Gasteiger partial charge in [-0.05, 0) is 20.3 Å². The minimum absolute atomic E-state index is 0.166. The highest BCUT2D eigenvalue weighted by atomic mass is 16.8. The van der Waals surface area contributed by atoms with Crippen molar-refractivity contribution in [3.8, 4) is 0 Å². The maximum Gasteiger partial charge on any atom is 0.163 e. The van der Waals surface area contributed by atoms with Crippen LogP contribution in [0.5, 0.6) is 0 Å². The average molecular weight is 158 g/mol. The molecule has 3 heteroatoms. The van der Waals surface area contributed by atoms with Crippen molar-refractivity contribution in [3.05, 3.63) is 0 Å². The zero-order chi connectivity index (χ0) is 7.90. The van der Waals surface area contributed by atoms with Crippen molar-refractivity contribution in [1.29, 1.82) is 0 Å². The normalized spacial score (nSPS) is 42.0. The Bertz CT molecular complexity index is 139. The van der Waals surface area contributed by atoms with Gasteiger partial charge in [-0.2, -0.15) is 0 Å². The minimum Gasteiger partial charge on any atom is -0.379 e. The Morgan fingerprint density at radius 3 is 2.64 bits per heavy atom. The van der Waals surface area contributed by atoms with E-state index >= 15 is 0 Å². The lowest BCUT2D eigenvalue weighted by Gasteiger charge is -2.21. The van der Waals surface area contributed by atoms with E-state index < -0.39 is 5.79 Å². The zero-order valence-corrected chi connectivity index (χ0v) is 7.00. The summed E-state index contributed by atoms with van der Waals surface area (Å²) in [5.74, 6) is -0.400. The number of ether oxygens (including phenoxy) is 3. The highest BCUT2D eigenvalue weighted by molar-refractivity contribution is 4.83. The summed E-state index contributed by atoms with van der Waals surface area (Å²) in [4.78, 5) is 0. The molecule has 0 N–H and O–H groups in total. The molecular formula is C8H14O3. The van der Waals surface area contributed by atoms with Crippen LogP contribution in [0.3, 0.4) is 0 Å². The fraction of sp³-hybridized carbons (Fsp3) is 1.00. The van der Waals surface area contributed by atoms with Crippen LogP contribution in [0, 0.1) is 0 Å². The van der Waals surface area contributed by atoms with Crippen LogP contribution in [0.15, 0.2) is 0 Å². The molecular weight excluding hydrogens is 144 g/mol. The minimum atomic E-state index is -0.400. The van der Waals surface area contributed by atoms with Gasteiger partial charge in [0.15, 0.2) is 5.79 Å². The van der Waals surface area contributed by atoms with E-state index in [0.717, 1.165) is 13.0 Å². The Morgan fingerprint density at radius 1 is 1.18 bits per heavy atom. The molecule has 11 heavy (non-hydrogen) atoms. The molecule has 2 aliphatic rings. The summed E-state index contributed by atoms with van der Waals surface area (Å²) < 4.78 is 16.5. The largest absolute Gasteiger partial charge is 0.379 e. The van der Waals surface area contributed by atoms with E-state index in [2.05, 4.69) is 0 Å². The van der Waals surface area contributed by atoms with Crippen LogP contribution in [0.1, 0.15) is 20.3 Å². The summed E-state index contributed by atoms with van der Waals surface area (Å²) in [6.07, 6.45) is 1.39. The number of fused-ring (bicyclic) bond motifs is 1. The van der Waals surface area contributed by atoms with Gasteiger partial charge in [0.2, 0.25) is 0 Å². The first-order valence-corrected chi connectivity index (χ1v) is 4.11. The predicted octanol–water partition coefficient (Wildman–Crippen LogP) is 0.927. The quantitative estimate of drug-likeness (QED) is 0.525. The predicted molar refractivity (Wildman–Crippen MR) is 39.3 cm³/mol. The first kappa shape index (κ1) is 7.53. The second-order valence-corrected chi connectivity index (χ2v) is 3.58. The highest BCUT2D eigenvalue weighted by Crippen LogP contribution is 2.31. The van der Waals surface area contributed by atoms with E-state index in [4.69, 9.17) is 14.2 Å². The molecule has 2 heterocycles. The van der Waals surface area contributed by atoms with E-state index in [0.29, 0.717) is 6.61 Å². The molecule has 0 bridgehead atoms. The third kappa shape index (κ3) is 1.41. The first-order chi connectivity index (χ1) is 5.17. The van der Waals surface area contributed by atoms with Crippen LogP contribution in [0.4, 0.5) is 0 Å². The molecule has 0 unspecified atom stereocenters. The van der Waals surface area contributed by atoms with Crippen LogP contribution in [-0.4, -0.2) is 31.2 Å².